The van der Waals surface area contributed by atoms with Crippen molar-refractivity contribution in [3.05, 3.63) is 83.4 Å². The number of benzene rings is 2. The van der Waals surface area contributed by atoms with Crippen molar-refractivity contribution in [2.45, 2.75) is 38.8 Å². The van der Waals surface area contributed by atoms with Crippen molar-refractivity contribution in [3.8, 4) is 11.4 Å². The summed E-state index contributed by atoms with van der Waals surface area (Å²) in [6, 6.07) is 12.6. The number of nitrogens with zero attached hydrogens (tertiary/aromatic N) is 3. The van der Waals surface area contributed by atoms with Crippen LogP contribution in [0.5, 0.6) is 5.75 Å². The summed E-state index contributed by atoms with van der Waals surface area (Å²) in [5, 5.41) is 0. The van der Waals surface area contributed by atoms with Crippen LogP contribution >= 0.6 is 0 Å². The molecule has 0 N–H and O–H groups in total. The Morgan fingerprint density at radius 3 is 2.79 bits per heavy atom. The maximum atomic E-state index is 14.9. The fourth-order valence-corrected chi connectivity index (χ4v) is 4.51. The second-order valence-corrected chi connectivity index (χ2v) is 9.13. The standard InChI is InChI=1S/C26H26FN3O3/c1-17-14-29(16-28-17)22-9-8-18(12-20(22)27)13-24-25(31)30(15-26(2,3)33-24)21-10-11-32-23-7-5-4-6-19(21)23/h4-9,12-14,16,21H,10-11,15H2,1-3H3. The van der Waals surface area contributed by atoms with E-state index in [4.69, 9.17) is 9.47 Å². The summed E-state index contributed by atoms with van der Waals surface area (Å²) in [5.41, 5.74) is 2.18. The number of aryl methyl sites for hydroxylation is 1. The molecule has 7 heteroatoms. The SMILES string of the molecule is Cc1cn(-c2ccc(C=C3OC(C)(C)CN(C4CCOc5ccccc54)C3=O)cc2F)cn1. The van der Waals surface area contributed by atoms with Crippen molar-refractivity contribution in [2.75, 3.05) is 13.2 Å². The van der Waals surface area contributed by atoms with Crippen LogP contribution in [0.1, 0.15) is 43.1 Å². The lowest BCUT2D eigenvalue weighted by Gasteiger charge is -2.44. The van der Waals surface area contributed by atoms with Crippen LogP contribution in [0.2, 0.25) is 0 Å². The third-order valence-corrected chi connectivity index (χ3v) is 5.97. The molecule has 1 aromatic heterocycles. The van der Waals surface area contributed by atoms with Gasteiger partial charge in [0.25, 0.3) is 5.91 Å². The molecule has 170 valence electrons. The van der Waals surface area contributed by atoms with E-state index in [-0.39, 0.29) is 17.7 Å². The van der Waals surface area contributed by atoms with E-state index in [1.54, 1.807) is 35.3 Å². The number of aromatic nitrogens is 2. The highest BCUT2D eigenvalue weighted by Crippen LogP contribution is 2.39. The van der Waals surface area contributed by atoms with Gasteiger partial charge in [0.2, 0.25) is 0 Å². The third kappa shape index (κ3) is 4.11. The van der Waals surface area contributed by atoms with E-state index < -0.39 is 11.4 Å². The van der Waals surface area contributed by atoms with Crippen molar-refractivity contribution < 1.29 is 18.7 Å². The minimum Gasteiger partial charge on any atom is -0.493 e. The summed E-state index contributed by atoms with van der Waals surface area (Å²) >= 11 is 0. The summed E-state index contributed by atoms with van der Waals surface area (Å²) in [5.74, 6) is 0.412. The topological polar surface area (TPSA) is 56.6 Å². The molecular weight excluding hydrogens is 421 g/mol. The van der Waals surface area contributed by atoms with Gasteiger partial charge < -0.3 is 18.9 Å². The molecule has 3 heterocycles. The number of para-hydroxylation sites is 1. The Morgan fingerprint density at radius 1 is 1.21 bits per heavy atom. The molecule has 2 aromatic carbocycles. The van der Waals surface area contributed by atoms with Crippen molar-refractivity contribution >= 4 is 12.0 Å². The van der Waals surface area contributed by atoms with Gasteiger partial charge >= 0.3 is 0 Å². The first-order valence-corrected chi connectivity index (χ1v) is 11.0. The summed E-state index contributed by atoms with van der Waals surface area (Å²) in [6.07, 6.45) is 5.66. The molecule has 0 saturated carbocycles. The van der Waals surface area contributed by atoms with Crippen molar-refractivity contribution in [2.24, 2.45) is 0 Å². The molecule has 33 heavy (non-hydrogen) atoms. The number of hydrogen-bond acceptors (Lipinski definition) is 4. The van der Waals surface area contributed by atoms with Crippen molar-refractivity contribution in [1.82, 2.24) is 14.5 Å². The molecule has 0 radical (unpaired) electrons. The number of hydrogen-bond donors (Lipinski definition) is 0. The van der Waals surface area contributed by atoms with E-state index in [1.165, 1.54) is 6.07 Å². The zero-order valence-electron chi connectivity index (χ0n) is 18.9. The van der Waals surface area contributed by atoms with E-state index in [2.05, 4.69) is 4.98 Å². The maximum Gasteiger partial charge on any atom is 0.289 e. The number of amides is 1. The average molecular weight is 448 g/mol. The fourth-order valence-electron chi connectivity index (χ4n) is 4.51. The van der Waals surface area contributed by atoms with Crippen LogP contribution in [0.25, 0.3) is 11.8 Å². The monoisotopic (exact) mass is 447 g/mol. The minimum absolute atomic E-state index is 0.0994. The third-order valence-electron chi connectivity index (χ3n) is 5.97. The van der Waals surface area contributed by atoms with Crippen molar-refractivity contribution in [3.63, 3.8) is 0 Å². The van der Waals surface area contributed by atoms with Crippen LogP contribution in [0.15, 0.2) is 60.7 Å². The van der Waals surface area contributed by atoms with Gasteiger partial charge in [0.1, 0.15) is 17.2 Å². The molecular formula is C26H26FN3O3. The Balaban J connectivity index is 1.47. The minimum atomic E-state index is -0.584. The molecule has 0 bridgehead atoms. The van der Waals surface area contributed by atoms with E-state index in [9.17, 15) is 9.18 Å². The Morgan fingerprint density at radius 2 is 2.03 bits per heavy atom. The number of fused-ring (bicyclic) bond motifs is 1. The van der Waals surface area contributed by atoms with Gasteiger partial charge in [0.05, 0.1) is 36.9 Å². The maximum absolute atomic E-state index is 14.9. The van der Waals surface area contributed by atoms with Gasteiger partial charge in [-0.25, -0.2) is 9.37 Å². The van der Waals surface area contributed by atoms with Crippen LogP contribution in [0, 0.1) is 12.7 Å². The largest absolute Gasteiger partial charge is 0.493 e. The fraction of sp³-hybridized carbons (Fsp3) is 0.308. The quantitative estimate of drug-likeness (QED) is 0.540. The van der Waals surface area contributed by atoms with Gasteiger partial charge in [-0.15, -0.1) is 0 Å². The molecule has 1 atom stereocenters. The predicted molar refractivity (Wildman–Crippen MR) is 122 cm³/mol. The van der Waals surface area contributed by atoms with Crippen LogP contribution in [-0.2, 0) is 9.53 Å². The first-order valence-electron chi connectivity index (χ1n) is 11.0. The molecule has 1 unspecified atom stereocenters. The zero-order valence-corrected chi connectivity index (χ0v) is 18.9. The summed E-state index contributed by atoms with van der Waals surface area (Å²) in [6.45, 7) is 6.76. The van der Waals surface area contributed by atoms with Gasteiger partial charge in [0.15, 0.2) is 5.76 Å². The highest BCUT2D eigenvalue weighted by molar-refractivity contribution is 5.97. The van der Waals surface area contributed by atoms with Gasteiger partial charge in [-0.3, -0.25) is 4.79 Å². The molecule has 0 aliphatic carbocycles. The lowest BCUT2D eigenvalue weighted by Crippen LogP contribution is -2.52. The van der Waals surface area contributed by atoms with Crippen LogP contribution in [0.3, 0.4) is 0 Å². The van der Waals surface area contributed by atoms with Gasteiger partial charge in [0, 0.05) is 18.2 Å². The summed E-state index contributed by atoms with van der Waals surface area (Å²) in [4.78, 5) is 19.5. The van der Waals surface area contributed by atoms with Crippen LogP contribution in [-0.4, -0.2) is 39.1 Å². The number of halogens is 1. The second-order valence-electron chi connectivity index (χ2n) is 9.13. The molecule has 5 rings (SSSR count). The number of carbonyl (C=O) groups is 1. The number of ether oxygens (including phenoxy) is 2. The highest BCUT2D eigenvalue weighted by Gasteiger charge is 2.41. The number of imidazole rings is 1. The molecule has 2 aliphatic heterocycles. The van der Waals surface area contributed by atoms with Gasteiger partial charge in [-0.2, -0.15) is 0 Å². The van der Waals surface area contributed by atoms with E-state index in [0.29, 0.717) is 30.8 Å². The van der Waals surface area contributed by atoms with Gasteiger partial charge in [-0.05, 0) is 50.6 Å². The molecule has 2 aliphatic rings. The molecule has 1 amide bonds. The molecule has 6 nitrogen and oxygen atoms in total. The average Bonchev–Trinajstić information content (AvgIpc) is 3.21. The van der Waals surface area contributed by atoms with Crippen molar-refractivity contribution in [1.29, 1.82) is 0 Å². The Labute approximate surface area is 192 Å². The molecule has 3 aromatic rings. The summed E-state index contributed by atoms with van der Waals surface area (Å²) < 4.78 is 28.3. The van der Waals surface area contributed by atoms with E-state index in [1.807, 2.05) is 49.9 Å². The normalized spacial score (nSPS) is 20.8. The number of carbonyl (C=O) groups excluding carboxylic acids is 1. The van der Waals surface area contributed by atoms with E-state index >= 15 is 0 Å². The lowest BCUT2D eigenvalue weighted by molar-refractivity contribution is -0.150. The molecule has 1 fully saturated rings. The summed E-state index contributed by atoms with van der Waals surface area (Å²) in [7, 11) is 0. The first kappa shape index (κ1) is 21.2. The van der Waals surface area contributed by atoms with Crippen LogP contribution < -0.4 is 4.74 Å². The second kappa shape index (κ2) is 8.06. The zero-order chi connectivity index (χ0) is 23.2. The predicted octanol–water partition coefficient (Wildman–Crippen LogP) is 4.82. The van der Waals surface area contributed by atoms with E-state index in [0.717, 1.165) is 17.0 Å². The van der Waals surface area contributed by atoms with Crippen LogP contribution in [0.4, 0.5) is 4.39 Å². The molecule has 1 saturated heterocycles. The highest BCUT2D eigenvalue weighted by atomic mass is 19.1. The number of morpholine rings is 1. The van der Waals surface area contributed by atoms with Gasteiger partial charge in [-0.1, -0.05) is 24.3 Å². The number of rotatable bonds is 3. The lowest BCUT2D eigenvalue weighted by atomic mass is 9.95. The Bertz CT molecular complexity index is 1250. The Hall–Kier alpha value is -3.61. The first-order chi connectivity index (χ1) is 15.8. The Kier molecular flexibility index (Phi) is 5.19. The smallest absolute Gasteiger partial charge is 0.289 e. The molecule has 0 spiro atoms.